The molecule has 0 saturated carbocycles. The molecular weight excluding hydrogens is 367 g/mol. The number of ether oxygens (including phenoxy) is 1. The molecule has 2 aromatic carbocycles. The van der Waals surface area contributed by atoms with Crippen molar-refractivity contribution in [2.45, 2.75) is 0 Å². The summed E-state index contributed by atoms with van der Waals surface area (Å²) < 4.78 is 6.52. The summed E-state index contributed by atoms with van der Waals surface area (Å²) in [6.07, 6.45) is 0. The Kier molecular flexibility index (Phi) is 4.75. The fraction of sp³-hybridized carbons (Fsp3) is 0. The van der Waals surface area contributed by atoms with E-state index >= 15 is 0 Å². The predicted octanol–water partition coefficient (Wildman–Crippen LogP) is 4.64. The van der Waals surface area contributed by atoms with E-state index in [1.54, 1.807) is 36.4 Å². The Hall–Kier alpha value is -1.43. The predicted molar refractivity (Wildman–Crippen MR) is 83.2 cm³/mol. The summed E-state index contributed by atoms with van der Waals surface area (Å²) in [7, 11) is 0. The van der Waals surface area contributed by atoms with Crippen LogP contribution in [-0.2, 0) is 0 Å². The summed E-state index contributed by atoms with van der Waals surface area (Å²) in [6.45, 7) is 0. The van der Waals surface area contributed by atoms with Crippen molar-refractivity contribution in [1.82, 2.24) is 0 Å². The first-order valence-electron chi connectivity index (χ1n) is 5.42. The van der Waals surface area contributed by atoms with E-state index in [4.69, 9.17) is 38.9 Å². The summed E-state index contributed by atoms with van der Waals surface area (Å²) in [5, 5.41) is 12.5. The molecule has 0 spiro atoms. The largest absolute Gasteiger partial charge is 0.455 e. The van der Waals surface area contributed by atoms with Crippen molar-refractivity contribution in [3.8, 4) is 11.5 Å². The highest BCUT2D eigenvalue weighted by Gasteiger charge is 2.15. The standard InChI is InChI=1S/C13H9BrCl2N2O2/c14-7-4-5-8(15)11(6-7)20-10-3-1-2-9(16)12(10)13(17)18-19/h1-6,19H,(H2,17,18). The molecule has 0 aliphatic heterocycles. The maximum atomic E-state index is 8.82. The quantitative estimate of drug-likeness (QED) is 0.355. The van der Waals surface area contributed by atoms with E-state index in [-0.39, 0.29) is 5.84 Å². The summed E-state index contributed by atoms with van der Waals surface area (Å²) in [5.74, 6) is 0.625. The zero-order valence-electron chi connectivity index (χ0n) is 9.98. The molecule has 0 fully saturated rings. The minimum absolute atomic E-state index is 0.142. The van der Waals surface area contributed by atoms with Crippen molar-refractivity contribution in [1.29, 1.82) is 0 Å². The topological polar surface area (TPSA) is 67.8 Å². The highest BCUT2D eigenvalue weighted by Crippen LogP contribution is 2.35. The Labute approximate surface area is 133 Å². The van der Waals surface area contributed by atoms with Crippen LogP contribution < -0.4 is 10.5 Å². The fourth-order valence-electron chi connectivity index (χ4n) is 1.56. The molecule has 0 radical (unpaired) electrons. The van der Waals surface area contributed by atoms with Crippen molar-refractivity contribution in [3.63, 3.8) is 0 Å². The molecule has 0 heterocycles. The average Bonchev–Trinajstić information content (AvgIpc) is 2.42. The molecule has 0 unspecified atom stereocenters. The number of benzene rings is 2. The molecule has 0 bridgehead atoms. The van der Waals surface area contributed by atoms with Crippen molar-refractivity contribution < 1.29 is 9.94 Å². The Morgan fingerprint density at radius 2 is 1.90 bits per heavy atom. The molecule has 2 aromatic rings. The van der Waals surface area contributed by atoms with Crippen LogP contribution in [0.2, 0.25) is 10.0 Å². The summed E-state index contributed by atoms with van der Waals surface area (Å²) in [4.78, 5) is 0. The number of amidine groups is 1. The van der Waals surface area contributed by atoms with Crippen LogP contribution in [0, 0.1) is 0 Å². The van der Waals surface area contributed by atoms with Gasteiger partial charge in [-0.1, -0.05) is 50.4 Å². The van der Waals surface area contributed by atoms with Crippen molar-refractivity contribution in [3.05, 3.63) is 56.5 Å². The van der Waals surface area contributed by atoms with Crippen molar-refractivity contribution >= 4 is 45.0 Å². The van der Waals surface area contributed by atoms with Crippen LogP contribution in [0.3, 0.4) is 0 Å². The second-order valence-electron chi connectivity index (χ2n) is 3.78. The number of nitrogens with zero attached hydrogens (tertiary/aromatic N) is 1. The summed E-state index contributed by atoms with van der Waals surface area (Å²) >= 11 is 15.4. The van der Waals surface area contributed by atoms with Gasteiger partial charge in [0.1, 0.15) is 11.5 Å². The first kappa shape index (κ1) is 15.0. The maximum absolute atomic E-state index is 8.82. The van der Waals surface area contributed by atoms with Gasteiger partial charge in [0.2, 0.25) is 0 Å². The lowest BCUT2D eigenvalue weighted by molar-refractivity contribution is 0.318. The fourth-order valence-corrected chi connectivity index (χ4v) is 2.32. The normalized spacial score (nSPS) is 11.4. The van der Waals surface area contributed by atoms with Gasteiger partial charge in [0.05, 0.1) is 15.6 Å². The molecule has 7 heteroatoms. The van der Waals surface area contributed by atoms with E-state index in [0.717, 1.165) is 4.47 Å². The molecule has 0 aliphatic carbocycles. The van der Waals surface area contributed by atoms with Crippen LogP contribution >= 0.6 is 39.1 Å². The van der Waals surface area contributed by atoms with Crippen LogP contribution in [-0.4, -0.2) is 11.0 Å². The summed E-state index contributed by atoms with van der Waals surface area (Å²) in [6, 6.07) is 10.1. The zero-order valence-corrected chi connectivity index (χ0v) is 13.1. The Morgan fingerprint density at radius 3 is 2.60 bits per heavy atom. The molecule has 0 amide bonds. The second-order valence-corrected chi connectivity index (χ2v) is 5.51. The average molecular weight is 376 g/mol. The number of hydrogen-bond donors (Lipinski definition) is 2. The second kappa shape index (κ2) is 6.35. The van der Waals surface area contributed by atoms with E-state index in [9.17, 15) is 0 Å². The van der Waals surface area contributed by atoms with Gasteiger partial charge in [-0.2, -0.15) is 0 Å². The van der Waals surface area contributed by atoms with Gasteiger partial charge in [-0.3, -0.25) is 0 Å². The van der Waals surface area contributed by atoms with Gasteiger partial charge in [-0.25, -0.2) is 0 Å². The molecule has 2 rings (SSSR count). The molecule has 4 nitrogen and oxygen atoms in total. The minimum Gasteiger partial charge on any atom is -0.455 e. The Balaban J connectivity index is 2.49. The minimum atomic E-state index is -0.142. The van der Waals surface area contributed by atoms with Crippen LogP contribution in [0.4, 0.5) is 0 Å². The third-order valence-electron chi connectivity index (χ3n) is 2.45. The smallest absolute Gasteiger partial charge is 0.175 e. The van der Waals surface area contributed by atoms with Crippen LogP contribution in [0.5, 0.6) is 11.5 Å². The monoisotopic (exact) mass is 374 g/mol. The van der Waals surface area contributed by atoms with Gasteiger partial charge < -0.3 is 15.7 Å². The van der Waals surface area contributed by atoms with E-state index in [2.05, 4.69) is 21.1 Å². The Morgan fingerprint density at radius 1 is 1.15 bits per heavy atom. The highest BCUT2D eigenvalue weighted by molar-refractivity contribution is 9.10. The molecule has 0 aromatic heterocycles. The third kappa shape index (κ3) is 3.17. The molecule has 3 N–H and O–H groups in total. The number of hydrogen-bond acceptors (Lipinski definition) is 3. The molecule has 20 heavy (non-hydrogen) atoms. The molecule has 0 atom stereocenters. The first-order chi connectivity index (χ1) is 9.52. The molecule has 0 saturated heterocycles. The van der Waals surface area contributed by atoms with E-state index < -0.39 is 0 Å². The number of halogens is 3. The molecule has 0 aliphatic rings. The van der Waals surface area contributed by atoms with Gasteiger partial charge in [0.25, 0.3) is 0 Å². The Bertz CT molecular complexity index is 677. The van der Waals surface area contributed by atoms with Crippen molar-refractivity contribution in [2.75, 3.05) is 0 Å². The zero-order chi connectivity index (χ0) is 14.7. The number of nitrogens with two attached hydrogens (primary N) is 1. The van der Waals surface area contributed by atoms with E-state index in [0.29, 0.717) is 27.1 Å². The lowest BCUT2D eigenvalue weighted by Gasteiger charge is -2.12. The van der Waals surface area contributed by atoms with Crippen LogP contribution in [0.25, 0.3) is 0 Å². The van der Waals surface area contributed by atoms with Gasteiger partial charge in [-0.05, 0) is 30.3 Å². The lowest BCUT2D eigenvalue weighted by atomic mass is 10.2. The van der Waals surface area contributed by atoms with Crippen LogP contribution in [0.1, 0.15) is 5.56 Å². The SMILES string of the molecule is NC(=NO)c1c(Cl)cccc1Oc1cc(Br)ccc1Cl. The van der Waals surface area contributed by atoms with Crippen LogP contribution in [0.15, 0.2) is 46.0 Å². The van der Waals surface area contributed by atoms with E-state index in [1.165, 1.54) is 0 Å². The van der Waals surface area contributed by atoms with Gasteiger partial charge in [0.15, 0.2) is 5.84 Å². The van der Waals surface area contributed by atoms with E-state index in [1.807, 2.05) is 0 Å². The van der Waals surface area contributed by atoms with Gasteiger partial charge in [0, 0.05) is 4.47 Å². The highest BCUT2D eigenvalue weighted by atomic mass is 79.9. The summed E-state index contributed by atoms with van der Waals surface area (Å²) in [5.41, 5.74) is 5.91. The number of oxime groups is 1. The molecule has 104 valence electrons. The third-order valence-corrected chi connectivity index (χ3v) is 3.57. The molecular formula is C13H9BrCl2N2O2. The van der Waals surface area contributed by atoms with Gasteiger partial charge >= 0.3 is 0 Å². The lowest BCUT2D eigenvalue weighted by Crippen LogP contribution is -2.14. The van der Waals surface area contributed by atoms with Crippen molar-refractivity contribution in [2.24, 2.45) is 10.9 Å². The first-order valence-corrected chi connectivity index (χ1v) is 6.97. The maximum Gasteiger partial charge on any atom is 0.175 e. The number of rotatable bonds is 3. The van der Waals surface area contributed by atoms with Gasteiger partial charge in [-0.15, -0.1) is 0 Å².